The Hall–Kier alpha value is -2.89. The van der Waals surface area contributed by atoms with Crippen LogP contribution in [-0.2, 0) is 21.2 Å². The lowest BCUT2D eigenvalue weighted by Crippen LogP contribution is -2.58. The van der Waals surface area contributed by atoms with Crippen molar-refractivity contribution in [1.29, 1.82) is 5.26 Å². The van der Waals surface area contributed by atoms with Gasteiger partial charge in [-0.2, -0.15) is 18.4 Å². The lowest BCUT2D eigenvalue weighted by molar-refractivity contribution is -0.190. The van der Waals surface area contributed by atoms with Crippen LogP contribution >= 0.6 is 11.6 Å². The van der Waals surface area contributed by atoms with Gasteiger partial charge in [-0.05, 0) is 67.3 Å². The van der Waals surface area contributed by atoms with E-state index in [0.29, 0.717) is 30.6 Å². The molecule has 2 N–H and O–H groups in total. The van der Waals surface area contributed by atoms with E-state index in [0.717, 1.165) is 4.90 Å². The van der Waals surface area contributed by atoms with E-state index in [2.05, 4.69) is 10.0 Å². The number of carbonyl (C=O) groups is 1. The van der Waals surface area contributed by atoms with Crippen LogP contribution in [0.1, 0.15) is 41.6 Å². The van der Waals surface area contributed by atoms with Crippen molar-refractivity contribution < 1.29 is 36.6 Å². The summed E-state index contributed by atoms with van der Waals surface area (Å²) in [6.07, 6.45) is -5.44. The summed E-state index contributed by atoms with van der Waals surface area (Å²) >= 11 is 6.51. The summed E-state index contributed by atoms with van der Waals surface area (Å²) < 4.78 is 109. The number of nitrogens with one attached hydrogen (secondary N) is 2. The van der Waals surface area contributed by atoms with Crippen molar-refractivity contribution in [1.82, 2.24) is 19.8 Å². The Morgan fingerprint density at radius 2 is 2.00 bits per heavy atom. The number of nitrogens with zero attached hydrogens (tertiary/aromatic N) is 3. The fraction of sp³-hybridized carbons (Fsp3) is 0.481. The number of piperazine rings is 1. The number of alkyl halides is 3. The third-order valence-electron chi connectivity index (χ3n) is 7.49. The monoisotopic (exact) mass is 615 g/mol. The lowest BCUT2D eigenvalue weighted by Gasteiger charge is -2.44. The molecular formula is C27H29ClF3N5O4S. The summed E-state index contributed by atoms with van der Waals surface area (Å²) in [5.41, 5.74) is 1.32. The molecule has 5 rings (SSSR count). The van der Waals surface area contributed by atoms with Gasteiger partial charge in [-0.1, -0.05) is 11.6 Å². The quantitative estimate of drug-likeness (QED) is 0.514. The third-order valence-corrected chi connectivity index (χ3v) is 9.21. The number of carbonyl (C=O) groups excluding carboxylic acids is 1. The maximum atomic E-state index is 13.2. The molecule has 0 saturated carbocycles. The van der Waals surface area contributed by atoms with Gasteiger partial charge in [-0.15, -0.1) is 0 Å². The molecule has 1 amide bonds. The van der Waals surface area contributed by atoms with Gasteiger partial charge in [0.25, 0.3) is 0 Å². The van der Waals surface area contributed by atoms with Gasteiger partial charge in [0.2, 0.25) is 10.0 Å². The Bertz CT molecular complexity index is 1660. The molecule has 14 heteroatoms. The molecule has 4 atom stereocenters. The minimum Gasteiger partial charge on any atom is -0.488 e. The van der Waals surface area contributed by atoms with Crippen molar-refractivity contribution in [3.8, 4) is 11.8 Å². The standard InChI is InChI=1S/C27H29ClF3N5O4S/c1-16-15-35(8-9-36(16)26(37)27(29,30)31)25-22-10-17(13-32)11-23(28)21(22)12-24(25)40-19-2-4-20(5-3-19)41(38,39)34-18-6-7-33-14-18/h2-5,10-11,16,18,24-25,33-34H,6-9,12,14-15H2,1H3/t16-,18+,24+,25+/m1/s1/i2D,3D,4D,5D. The molecular weight excluding hydrogens is 583 g/mol. The summed E-state index contributed by atoms with van der Waals surface area (Å²) in [6.45, 7) is 2.09. The zero-order chi connectivity index (χ0) is 33.0. The molecule has 2 aromatic carbocycles. The normalized spacial score (nSPS) is 26.5. The van der Waals surface area contributed by atoms with Crippen molar-refractivity contribution in [2.45, 2.75) is 55.1 Å². The average molecular weight is 616 g/mol. The van der Waals surface area contributed by atoms with E-state index in [1.165, 1.54) is 13.0 Å². The highest BCUT2D eigenvalue weighted by Gasteiger charge is 2.47. The van der Waals surface area contributed by atoms with Crippen molar-refractivity contribution in [3.05, 3.63) is 58.0 Å². The van der Waals surface area contributed by atoms with Crippen LogP contribution in [0.2, 0.25) is 5.02 Å². The van der Waals surface area contributed by atoms with Crippen LogP contribution in [0.25, 0.3) is 0 Å². The molecule has 2 aliphatic heterocycles. The number of ether oxygens (including phenoxy) is 1. The second kappa shape index (κ2) is 11.4. The topological polar surface area (TPSA) is 115 Å². The smallest absolute Gasteiger partial charge is 0.471 e. The number of hydrogen-bond acceptors (Lipinski definition) is 7. The molecule has 41 heavy (non-hydrogen) atoms. The van der Waals surface area contributed by atoms with Gasteiger partial charge < -0.3 is 15.0 Å². The number of hydrogen-bond donors (Lipinski definition) is 2. The van der Waals surface area contributed by atoms with Gasteiger partial charge in [-0.25, -0.2) is 13.1 Å². The van der Waals surface area contributed by atoms with E-state index in [9.17, 15) is 31.6 Å². The Kier molecular flexibility index (Phi) is 6.87. The van der Waals surface area contributed by atoms with Gasteiger partial charge >= 0.3 is 12.1 Å². The van der Waals surface area contributed by atoms with Crippen LogP contribution in [0.15, 0.2) is 41.2 Å². The second-order valence-electron chi connectivity index (χ2n) is 10.3. The van der Waals surface area contributed by atoms with Gasteiger partial charge in [0.15, 0.2) is 0 Å². The van der Waals surface area contributed by atoms with Crippen molar-refractivity contribution in [3.63, 3.8) is 0 Å². The predicted molar refractivity (Wildman–Crippen MR) is 144 cm³/mol. The zero-order valence-electron chi connectivity index (χ0n) is 25.8. The fourth-order valence-corrected chi connectivity index (χ4v) is 7.06. The highest BCUT2D eigenvalue weighted by atomic mass is 35.5. The van der Waals surface area contributed by atoms with E-state index < -0.39 is 81.2 Å². The predicted octanol–water partition coefficient (Wildman–Crippen LogP) is 2.99. The Morgan fingerprint density at radius 1 is 1.27 bits per heavy atom. The Balaban J connectivity index is 1.51. The molecule has 2 saturated heterocycles. The van der Waals surface area contributed by atoms with Crippen LogP contribution in [0, 0.1) is 11.3 Å². The first-order chi connectivity index (χ1) is 21.0. The maximum Gasteiger partial charge on any atom is 0.471 e. The number of fused-ring (bicyclic) bond motifs is 1. The van der Waals surface area contributed by atoms with E-state index in [4.69, 9.17) is 21.8 Å². The third kappa shape index (κ3) is 6.17. The van der Waals surface area contributed by atoms with Crippen molar-refractivity contribution in [2.24, 2.45) is 0 Å². The average Bonchev–Trinajstić information content (AvgIpc) is 3.60. The number of sulfonamides is 1. The largest absolute Gasteiger partial charge is 0.488 e. The highest BCUT2D eigenvalue weighted by molar-refractivity contribution is 7.89. The van der Waals surface area contributed by atoms with E-state index in [1.54, 1.807) is 11.0 Å². The summed E-state index contributed by atoms with van der Waals surface area (Å²) in [5, 5.41) is 12.8. The van der Waals surface area contributed by atoms with Crippen LogP contribution < -0.4 is 14.8 Å². The second-order valence-corrected chi connectivity index (χ2v) is 12.3. The van der Waals surface area contributed by atoms with E-state index in [1.807, 2.05) is 6.07 Å². The Labute approximate surface area is 246 Å². The molecule has 0 aromatic heterocycles. The maximum absolute atomic E-state index is 13.2. The van der Waals surface area contributed by atoms with Gasteiger partial charge in [-0.3, -0.25) is 9.69 Å². The van der Waals surface area contributed by atoms with Crippen molar-refractivity contribution >= 4 is 27.5 Å². The summed E-state index contributed by atoms with van der Waals surface area (Å²) in [4.78, 5) is 13.7. The lowest BCUT2D eigenvalue weighted by atomic mass is 10.0. The number of nitriles is 1. The molecule has 2 fully saturated rings. The summed E-state index contributed by atoms with van der Waals surface area (Å²) in [6, 6.07) is -0.184. The fourth-order valence-electron chi connectivity index (χ4n) is 5.62. The van der Waals surface area contributed by atoms with Gasteiger partial charge in [0, 0.05) is 49.7 Å². The molecule has 0 spiro atoms. The van der Waals surface area contributed by atoms with E-state index >= 15 is 0 Å². The molecule has 220 valence electrons. The van der Waals surface area contributed by atoms with Crippen LogP contribution in [-0.4, -0.2) is 81.2 Å². The van der Waals surface area contributed by atoms with E-state index in [-0.39, 0.29) is 36.6 Å². The molecule has 0 bridgehead atoms. The molecule has 2 heterocycles. The highest BCUT2D eigenvalue weighted by Crippen LogP contribution is 2.43. The first-order valence-corrected chi connectivity index (χ1v) is 14.8. The number of amides is 1. The minimum atomic E-state index is -5.04. The molecule has 0 unspecified atom stereocenters. The van der Waals surface area contributed by atoms with Gasteiger partial charge in [0.1, 0.15) is 11.9 Å². The van der Waals surface area contributed by atoms with Crippen LogP contribution in [0.3, 0.4) is 0 Å². The number of rotatable bonds is 6. The molecule has 3 aliphatic rings. The summed E-state index contributed by atoms with van der Waals surface area (Å²) in [7, 11) is -4.44. The zero-order valence-corrected chi connectivity index (χ0v) is 23.4. The summed E-state index contributed by atoms with van der Waals surface area (Å²) in [5.74, 6) is -2.47. The molecule has 2 aromatic rings. The van der Waals surface area contributed by atoms with Gasteiger partial charge in [0.05, 0.1) is 28.1 Å². The first-order valence-electron chi connectivity index (χ1n) is 14.9. The first kappa shape index (κ1) is 24.7. The Morgan fingerprint density at radius 3 is 2.61 bits per heavy atom. The number of halogens is 4. The SMILES string of the molecule is [2H]c1c([2H])c(S(=O)(=O)N[C@H]2CCNC2)c([2H])c([2H])c1O[C@H]1Cc2c(Cl)cc(C#N)cc2[C@@H]1N1CCN(C(=O)C(F)(F)F)[C@H](C)C1. The number of benzene rings is 2. The van der Waals surface area contributed by atoms with Crippen molar-refractivity contribution in [2.75, 3.05) is 32.7 Å². The molecule has 0 radical (unpaired) electrons. The molecule has 9 nitrogen and oxygen atoms in total. The van der Waals surface area contributed by atoms with Crippen LogP contribution in [0.4, 0.5) is 13.2 Å². The minimum absolute atomic E-state index is 0.0156. The molecule has 1 aliphatic carbocycles. The van der Waals surface area contributed by atoms with Crippen LogP contribution in [0.5, 0.6) is 5.75 Å².